The number of unbranched alkanes of at least 4 members (excludes halogenated alkanes) is 8. The fourth-order valence-corrected chi connectivity index (χ4v) is 3.62. The van der Waals surface area contributed by atoms with Crippen molar-refractivity contribution in [2.45, 2.75) is 89.7 Å². The van der Waals surface area contributed by atoms with Gasteiger partial charge in [-0.3, -0.25) is 14.5 Å². The monoisotopic (exact) mass is 403 g/mol. The highest BCUT2D eigenvalue weighted by Gasteiger charge is 2.50. The van der Waals surface area contributed by atoms with Gasteiger partial charge in [0.15, 0.2) is 17.1 Å². The number of nitrogens with zero attached hydrogens (tertiary/aromatic N) is 1. The topological polar surface area (TPSA) is 118 Å². The van der Waals surface area contributed by atoms with Gasteiger partial charge in [-0.15, -0.1) is 0 Å². The fraction of sp³-hybridized carbons (Fsp3) is 0.905. The molecule has 4 N–H and O–H groups in total. The van der Waals surface area contributed by atoms with Gasteiger partial charge in [-0.2, -0.15) is 0 Å². The second-order valence-corrected chi connectivity index (χ2v) is 7.49. The molecule has 28 heavy (non-hydrogen) atoms. The summed E-state index contributed by atoms with van der Waals surface area (Å²) in [5.41, 5.74) is -1.92. The van der Waals surface area contributed by atoms with Crippen molar-refractivity contribution in [3.63, 3.8) is 0 Å². The normalized spacial score (nSPS) is 14.8. The minimum atomic E-state index is -1.92. The number of aliphatic hydroxyl groups excluding tert-OH is 4. The second kappa shape index (κ2) is 16.0. The zero-order chi connectivity index (χ0) is 21.4. The van der Waals surface area contributed by atoms with Crippen molar-refractivity contribution in [3.05, 3.63) is 0 Å². The molecule has 0 spiro atoms. The molecule has 0 rings (SSSR count). The van der Waals surface area contributed by atoms with Gasteiger partial charge in [-0.1, -0.05) is 58.3 Å². The summed E-state index contributed by atoms with van der Waals surface area (Å²) in [6.07, 6.45) is 8.48. The van der Waals surface area contributed by atoms with Gasteiger partial charge in [0.25, 0.3) is 0 Å². The van der Waals surface area contributed by atoms with Crippen LogP contribution in [-0.4, -0.2) is 81.4 Å². The fourth-order valence-electron chi connectivity index (χ4n) is 3.62. The third-order valence-electron chi connectivity index (χ3n) is 5.26. The highest BCUT2D eigenvalue weighted by Crippen LogP contribution is 2.23. The smallest absolute Gasteiger partial charge is 0.191 e. The van der Waals surface area contributed by atoms with Crippen LogP contribution in [0.4, 0.5) is 0 Å². The maximum Gasteiger partial charge on any atom is 0.191 e. The molecule has 0 radical (unpaired) electrons. The molecule has 0 saturated carbocycles. The number of β-amino-alcohol motifs (C(OH)–C–C–N with tert-alkyl or cyclic N) is 2. The van der Waals surface area contributed by atoms with Crippen molar-refractivity contribution < 1.29 is 30.0 Å². The largest absolute Gasteiger partial charge is 0.395 e. The Morgan fingerprint density at radius 1 is 0.857 bits per heavy atom. The van der Waals surface area contributed by atoms with E-state index in [1.807, 2.05) is 0 Å². The van der Waals surface area contributed by atoms with Crippen molar-refractivity contribution >= 4 is 11.6 Å². The lowest BCUT2D eigenvalue weighted by molar-refractivity contribution is -0.153. The number of rotatable bonds is 19. The molecule has 0 fully saturated rings. The predicted octanol–water partition coefficient (Wildman–Crippen LogP) is 1.44. The van der Waals surface area contributed by atoms with Gasteiger partial charge in [0.1, 0.15) is 6.10 Å². The standard InChI is InChI=1S/C21H41NO6/c1-3-4-5-6-7-8-9-10-11-12-19(27)21(17-25,20(28)18(2)26)22(13-15-23)14-16-24/h18,23-26H,3-17H2,1-2H3. The van der Waals surface area contributed by atoms with Crippen LogP contribution in [0.15, 0.2) is 0 Å². The molecule has 0 saturated heterocycles. The van der Waals surface area contributed by atoms with Crippen molar-refractivity contribution in [1.29, 1.82) is 0 Å². The number of hydrogen-bond acceptors (Lipinski definition) is 7. The second-order valence-electron chi connectivity index (χ2n) is 7.49. The minimum Gasteiger partial charge on any atom is -0.395 e. The summed E-state index contributed by atoms with van der Waals surface area (Å²) in [4.78, 5) is 26.9. The number of carbonyl (C=O) groups is 2. The van der Waals surface area contributed by atoms with E-state index >= 15 is 0 Å². The first-order valence-corrected chi connectivity index (χ1v) is 10.8. The highest BCUT2D eigenvalue weighted by atomic mass is 16.3. The van der Waals surface area contributed by atoms with Gasteiger partial charge in [0.2, 0.25) is 0 Å². The number of aliphatic hydroxyl groups is 4. The molecule has 166 valence electrons. The first kappa shape index (κ1) is 27.1. The van der Waals surface area contributed by atoms with E-state index in [0.717, 1.165) is 19.3 Å². The molecular weight excluding hydrogens is 362 g/mol. The van der Waals surface area contributed by atoms with E-state index in [9.17, 15) is 30.0 Å². The average molecular weight is 404 g/mol. The van der Waals surface area contributed by atoms with E-state index in [0.29, 0.717) is 6.42 Å². The zero-order valence-electron chi connectivity index (χ0n) is 17.7. The summed E-state index contributed by atoms with van der Waals surface area (Å²) in [5.74, 6) is -1.26. The molecule has 0 aromatic carbocycles. The molecule has 2 unspecified atom stereocenters. The van der Waals surface area contributed by atoms with Crippen LogP contribution in [0, 0.1) is 0 Å². The highest BCUT2D eigenvalue weighted by molar-refractivity contribution is 6.13. The molecular formula is C21H41NO6. The molecule has 0 aliphatic carbocycles. The first-order valence-electron chi connectivity index (χ1n) is 10.8. The molecule has 0 aliphatic rings. The third-order valence-corrected chi connectivity index (χ3v) is 5.26. The summed E-state index contributed by atoms with van der Waals surface area (Å²) in [6, 6.07) is 0. The van der Waals surface area contributed by atoms with Gasteiger partial charge in [-0.25, -0.2) is 0 Å². The van der Waals surface area contributed by atoms with Crippen molar-refractivity contribution in [2.75, 3.05) is 32.9 Å². The summed E-state index contributed by atoms with van der Waals surface area (Å²) in [6.45, 7) is 1.89. The van der Waals surface area contributed by atoms with Gasteiger partial charge in [0, 0.05) is 19.5 Å². The molecule has 0 aliphatic heterocycles. The number of hydrogen-bond donors (Lipinski definition) is 4. The number of ketones is 2. The molecule has 0 bridgehead atoms. The Morgan fingerprint density at radius 2 is 1.32 bits per heavy atom. The molecule has 0 aromatic rings. The van der Waals surface area contributed by atoms with E-state index in [-0.39, 0.29) is 32.7 Å². The predicted molar refractivity (Wildman–Crippen MR) is 109 cm³/mol. The Kier molecular flexibility index (Phi) is 15.5. The Hall–Kier alpha value is -0.860. The minimum absolute atomic E-state index is 0.0525. The van der Waals surface area contributed by atoms with Crippen LogP contribution in [0.1, 0.15) is 78.1 Å². The number of carbonyl (C=O) groups excluding carboxylic acids is 2. The van der Waals surface area contributed by atoms with Crippen LogP contribution in [0.2, 0.25) is 0 Å². The maximum absolute atomic E-state index is 12.9. The molecule has 0 amide bonds. The lowest BCUT2D eigenvalue weighted by Gasteiger charge is -2.40. The van der Waals surface area contributed by atoms with Crippen LogP contribution in [0.3, 0.4) is 0 Å². The maximum atomic E-state index is 12.9. The molecule has 0 aromatic heterocycles. The van der Waals surface area contributed by atoms with Gasteiger partial charge < -0.3 is 20.4 Å². The van der Waals surface area contributed by atoms with Crippen LogP contribution in [0.25, 0.3) is 0 Å². The van der Waals surface area contributed by atoms with E-state index in [4.69, 9.17) is 0 Å². The Labute approximate surface area is 169 Å². The lowest BCUT2D eigenvalue weighted by Crippen LogP contribution is -2.66. The third kappa shape index (κ3) is 8.66. The first-order chi connectivity index (χ1) is 13.4. The van der Waals surface area contributed by atoms with Gasteiger partial charge in [0.05, 0.1) is 19.8 Å². The van der Waals surface area contributed by atoms with E-state index < -0.39 is 29.8 Å². The summed E-state index contributed by atoms with van der Waals surface area (Å²) in [5, 5.41) is 38.3. The van der Waals surface area contributed by atoms with Crippen molar-refractivity contribution in [1.82, 2.24) is 4.90 Å². The molecule has 7 heteroatoms. The molecule has 2 atom stereocenters. The lowest BCUT2D eigenvalue weighted by atomic mass is 9.82. The molecule has 7 nitrogen and oxygen atoms in total. The van der Waals surface area contributed by atoms with Crippen LogP contribution >= 0.6 is 0 Å². The van der Waals surface area contributed by atoms with Crippen LogP contribution in [-0.2, 0) is 9.59 Å². The summed E-state index contributed by atoms with van der Waals surface area (Å²) in [7, 11) is 0. The summed E-state index contributed by atoms with van der Waals surface area (Å²) < 4.78 is 0. The SMILES string of the molecule is CCCCCCCCCCCC(=O)C(CO)(C(=O)C(C)O)N(CCO)CCO. The quantitative estimate of drug-likeness (QED) is 0.190. The van der Waals surface area contributed by atoms with E-state index in [2.05, 4.69) is 6.92 Å². The van der Waals surface area contributed by atoms with E-state index in [1.165, 1.54) is 43.9 Å². The number of Topliss-reactive ketones (excluding diaryl/α,β-unsaturated/α-hetero) is 2. The average Bonchev–Trinajstić information content (AvgIpc) is 2.67. The Bertz CT molecular complexity index is 423. The van der Waals surface area contributed by atoms with Crippen molar-refractivity contribution in [2.24, 2.45) is 0 Å². The van der Waals surface area contributed by atoms with E-state index in [1.54, 1.807) is 0 Å². The van der Waals surface area contributed by atoms with Gasteiger partial charge >= 0.3 is 0 Å². The Morgan fingerprint density at radius 3 is 1.71 bits per heavy atom. The zero-order valence-corrected chi connectivity index (χ0v) is 17.7. The Balaban J connectivity index is 4.82. The van der Waals surface area contributed by atoms with Crippen LogP contribution < -0.4 is 0 Å². The van der Waals surface area contributed by atoms with Gasteiger partial charge in [-0.05, 0) is 13.3 Å². The molecule has 0 heterocycles. The van der Waals surface area contributed by atoms with Crippen LogP contribution in [0.5, 0.6) is 0 Å². The van der Waals surface area contributed by atoms with Crippen molar-refractivity contribution in [3.8, 4) is 0 Å². The summed E-state index contributed by atoms with van der Waals surface area (Å²) >= 11 is 0.